The van der Waals surface area contributed by atoms with Crippen LogP contribution in [0.5, 0.6) is 0 Å². The number of rotatable bonds is 4. The van der Waals surface area contributed by atoms with Crippen LogP contribution >= 0.6 is 0 Å². The highest BCUT2D eigenvalue weighted by Crippen LogP contribution is 2.19. The number of ether oxygens (including phenoxy) is 1. The van der Waals surface area contributed by atoms with Crippen LogP contribution in [0.3, 0.4) is 0 Å². The number of carbonyl (C=O) groups excluding carboxylic acids is 1. The highest BCUT2D eigenvalue weighted by atomic mass is 16.5. The first-order valence-electron chi connectivity index (χ1n) is 6.87. The maximum absolute atomic E-state index is 11.8. The van der Waals surface area contributed by atoms with E-state index in [9.17, 15) is 4.79 Å². The zero-order valence-electron chi connectivity index (χ0n) is 11.7. The summed E-state index contributed by atoms with van der Waals surface area (Å²) in [6.07, 6.45) is 3.72. The summed E-state index contributed by atoms with van der Waals surface area (Å²) >= 11 is 0. The van der Waals surface area contributed by atoms with Crippen molar-refractivity contribution in [2.24, 2.45) is 0 Å². The van der Waals surface area contributed by atoms with Crippen molar-refractivity contribution in [3.63, 3.8) is 0 Å². The molecule has 0 radical (unpaired) electrons. The number of hydrogen-bond acceptors (Lipinski definition) is 4. The van der Waals surface area contributed by atoms with E-state index in [1.54, 1.807) is 0 Å². The van der Waals surface area contributed by atoms with Crippen LogP contribution in [0.15, 0.2) is 18.2 Å². The Morgan fingerprint density at radius 2 is 2.32 bits per heavy atom. The van der Waals surface area contributed by atoms with Gasteiger partial charge in [-0.15, -0.1) is 0 Å². The minimum absolute atomic E-state index is 0.289. The molecule has 104 valence electrons. The predicted molar refractivity (Wildman–Crippen MR) is 76.6 cm³/mol. The molecule has 2 N–H and O–H groups in total. The quantitative estimate of drug-likeness (QED) is 0.818. The van der Waals surface area contributed by atoms with Gasteiger partial charge in [0.15, 0.2) is 0 Å². The van der Waals surface area contributed by atoms with Gasteiger partial charge in [0, 0.05) is 18.3 Å². The van der Waals surface area contributed by atoms with Crippen molar-refractivity contribution in [3.05, 3.63) is 29.3 Å². The normalized spacial score (nSPS) is 18.9. The Labute approximate surface area is 114 Å². The fourth-order valence-electron chi connectivity index (χ4n) is 2.42. The van der Waals surface area contributed by atoms with E-state index in [0.717, 1.165) is 24.3 Å². The van der Waals surface area contributed by atoms with Crippen LogP contribution in [-0.4, -0.2) is 32.2 Å². The van der Waals surface area contributed by atoms with E-state index in [0.29, 0.717) is 11.6 Å². The average Bonchev–Trinajstić information content (AvgIpc) is 2.46. The van der Waals surface area contributed by atoms with Crippen molar-refractivity contribution in [2.75, 3.05) is 25.5 Å². The maximum Gasteiger partial charge on any atom is 0.339 e. The second-order valence-electron chi connectivity index (χ2n) is 5.07. The van der Waals surface area contributed by atoms with Crippen molar-refractivity contribution >= 4 is 11.7 Å². The molecule has 1 aliphatic rings. The summed E-state index contributed by atoms with van der Waals surface area (Å²) in [5, 5.41) is 6.85. The van der Waals surface area contributed by atoms with Gasteiger partial charge in [-0.2, -0.15) is 0 Å². The van der Waals surface area contributed by atoms with Gasteiger partial charge < -0.3 is 15.4 Å². The summed E-state index contributed by atoms with van der Waals surface area (Å²) in [5.41, 5.74) is 2.52. The summed E-state index contributed by atoms with van der Waals surface area (Å²) in [5.74, 6) is -0.289. The molecule has 0 spiro atoms. The molecule has 4 nitrogen and oxygen atoms in total. The molecular weight excluding hydrogens is 240 g/mol. The molecule has 0 aromatic heterocycles. The average molecular weight is 262 g/mol. The molecule has 1 heterocycles. The highest BCUT2D eigenvalue weighted by molar-refractivity contribution is 5.95. The van der Waals surface area contributed by atoms with E-state index in [1.165, 1.54) is 26.4 Å². The molecule has 0 aliphatic carbocycles. The van der Waals surface area contributed by atoms with Gasteiger partial charge in [-0.05, 0) is 38.4 Å². The third-order valence-electron chi connectivity index (χ3n) is 3.53. The Hall–Kier alpha value is -1.55. The van der Waals surface area contributed by atoms with Gasteiger partial charge in [-0.25, -0.2) is 4.79 Å². The topological polar surface area (TPSA) is 50.4 Å². The lowest BCUT2D eigenvalue weighted by atomic mass is 10.0. The molecule has 4 heteroatoms. The van der Waals surface area contributed by atoms with Crippen LogP contribution in [0, 0.1) is 6.92 Å². The van der Waals surface area contributed by atoms with E-state index in [1.807, 2.05) is 25.1 Å². The number of methoxy groups -OCH3 is 1. The van der Waals surface area contributed by atoms with Gasteiger partial charge in [-0.1, -0.05) is 18.1 Å². The van der Waals surface area contributed by atoms with Crippen molar-refractivity contribution in [2.45, 2.75) is 32.2 Å². The van der Waals surface area contributed by atoms with Crippen molar-refractivity contribution in [1.29, 1.82) is 0 Å². The molecule has 1 aliphatic heterocycles. The molecule has 1 fully saturated rings. The second kappa shape index (κ2) is 6.57. The Kier molecular flexibility index (Phi) is 4.80. The van der Waals surface area contributed by atoms with Gasteiger partial charge in [0.2, 0.25) is 0 Å². The predicted octanol–water partition coefficient (Wildman–Crippen LogP) is 2.34. The number of aryl methyl sites for hydroxylation is 1. The van der Waals surface area contributed by atoms with Gasteiger partial charge in [0.25, 0.3) is 0 Å². The zero-order chi connectivity index (χ0) is 13.7. The summed E-state index contributed by atoms with van der Waals surface area (Å²) < 4.78 is 4.83. The molecule has 1 aromatic carbocycles. The molecule has 0 amide bonds. The van der Waals surface area contributed by atoms with Crippen LogP contribution in [0.1, 0.15) is 35.2 Å². The minimum Gasteiger partial charge on any atom is -0.465 e. The summed E-state index contributed by atoms with van der Waals surface area (Å²) in [6.45, 7) is 3.90. The standard InChI is InChI=1S/C15H22N2O2/c1-11-6-7-14(13(9-11)15(18)19-2)17-10-12-5-3-4-8-16-12/h6-7,9,12,16-17H,3-5,8,10H2,1-2H3. The lowest BCUT2D eigenvalue weighted by Crippen LogP contribution is -2.39. The number of esters is 1. The lowest BCUT2D eigenvalue weighted by molar-refractivity contribution is 0.0601. The van der Waals surface area contributed by atoms with Crippen molar-refractivity contribution in [1.82, 2.24) is 5.32 Å². The first-order chi connectivity index (χ1) is 9.20. The van der Waals surface area contributed by atoms with Crippen molar-refractivity contribution in [3.8, 4) is 0 Å². The van der Waals surface area contributed by atoms with Crippen LogP contribution in [0.2, 0.25) is 0 Å². The Balaban J connectivity index is 2.04. The molecule has 1 aromatic rings. The summed E-state index contributed by atoms with van der Waals surface area (Å²) in [4.78, 5) is 11.8. The third kappa shape index (κ3) is 3.70. The summed E-state index contributed by atoms with van der Waals surface area (Å²) in [6, 6.07) is 6.30. The van der Waals surface area contributed by atoms with E-state index in [4.69, 9.17) is 4.74 Å². The second-order valence-corrected chi connectivity index (χ2v) is 5.07. The summed E-state index contributed by atoms with van der Waals surface area (Å²) in [7, 11) is 1.41. The SMILES string of the molecule is COC(=O)c1cc(C)ccc1NCC1CCCCN1. The van der Waals surface area contributed by atoms with Crippen molar-refractivity contribution < 1.29 is 9.53 Å². The molecule has 2 rings (SSSR count). The fourth-order valence-corrected chi connectivity index (χ4v) is 2.42. The Morgan fingerprint density at radius 1 is 1.47 bits per heavy atom. The molecule has 19 heavy (non-hydrogen) atoms. The molecular formula is C15H22N2O2. The number of hydrogen-bond donors (Lipinski definition) is 2. The Bertz CT molecular complexity index is 440. The van der Waals surface area contributed by atoms with Gasteiger partial charge in [-0.3, -0.25) is 0 Å². The zero-order valence-corrected chi connectivity index (χ0v) is 11.7. The van der Waals surface area contributed by atoms with Crippen LogP contribution in [0.4, 0.5) is 5.69 Å². The molecule has 1 saturated heterocycles. The number of carbonyl (C=O) groups is 1. The van der Waals surface area contributed by atoms with Gasteiger partial charge >= 0.3 is 5.97 Å². The largest absolute Gasteiger partial charge is 0.465 e. The van der Waals surface area contributed by atoms with Crippen LogP contribution < -0.4 is 10.6 Å². The molecule has 1 unspecified atom stereocenters. The monoisotopic (exact) mass is 262 g/mol. The number of benzene rings is 1. The number of anilines is 1. The van der Waals surface area contributed by atoms with Gasteiger partial charge in [0.1, 0.15) is 0 Å². The third-order valence-corrected chi connectivity index (χ3v) is 3.53. The molecule has 1 atom stereocenters. The first kappa shape index (κ1) is 13.9. The van der Waals surface area contributed by atoms with E-state index >= 15 is 0 Å². The number of nitrogens with one attached hydrogen (secondary N) is 2. The van der Waals surface area contributed by atoms with E-state index in [2.05, 4.69) is 10.6 Å². The molecule has 0 bridgehead atoms. The smallest absolute Gasteiger partial charge is 0.339 e. The maximum atomic E-state index is 11.8. The number of piperidine rings is 1. The van der Waals surface area contributed by atoms with Crippen LogP contribution in [0.25, 0.3) is 0 Å². The fraction of sp³-hybridized carbons (Fsp3) is 0.533. The lowest BCUT2D eigenvalue weighted by Gasteiger charge is -2.24. The minimum atomic E-state index is -0.289. The van der Waals surface area contributed by atoms with E-state index < -0.39 is 0 Å². The first-order valence-corrected chi connectivity index (χ1v) is 6.87. The van der Waals surface area contributed by atoms with Gasteiger partial charge in [0.05, 0.1) is 12.7 Å². The Morgan fingerprint density at radius 3 is 3.00 bits per heavy atom. The molecule has 0 saturated carbocycles. The van der Waals surface area contributed by atoms with Crippen LogP contribution in [-0.2, 0) is 4.74 Å². The van der Waals surface area contributed by atoms with E-state index in [-0.39, 0.29) is 5.97 Å². The highest BCUT2D eigenvalue weighted by Gasteiger charge is 2.15.